The summed E-state index contributed by atoms with van der Waals surface area (Å²) in [5.41, 5.74) is 0.725. The second-order valence-electron chi connectivity index (χ2n) is 5.60. The summed E-state index contributed by atoms with van der Waals surface area (Å²) >= 11 is 0. The fourth-order valence-corrected chi connectivity index (χ4v) is 2.92. The van der Waals surface area contributed by atoms with E-state index >= 15 is 0 Å². The van der Waals surface area contributed by atoms with E-state index in [1.54, 1.807) is 11.8 Å². The lowest BCUT2D eigenvalue weighted by Crippen LogP contribution is -2.46. The van der Waals surface area contributed by atoms with Gasteiger partial charge in [-0.2, -0.15) is 0 Å². The molecule has 0 unspecified atom stereocenters. The summed E-state index contributed by atoms with van der Waals surface area (Å²) in [6.07, 6.45) is 2.71. The van der Waals surface area contributed by atoms with Gasteiger partial charge in [-0.15, -0.1) is 0 Å². The third-order valence-corrected chi connectivity index (χ3v) is 4.04. The van der Waals surface area contributed by atoms with E-state index in [-0.39, 0.29) is 30.9 Å². The van der Waals surface area contributed by atoms with Gasteiger partial charge in [0.1, 0.15) is 18.0 Å². The van der Waals surface area contributed by atoms with E-state index in [1.807, 2.05) is 6.07 Å². The molecule has 1 N–H and O–H groups in total. The first-order chi connectivity index (χ1) is 10.6. The molecule has 1 aromatic heterocycles. The molecule has 2 fully saturated rings. The molecule has 22 heavy (non-hydrogen) atoms. The molecule has 1 atom stereocenters. The smallest absolute Gasteiger partial charge is 0.325 e. The molecule has 0 spiro atoms. The van der Waals surface area contributed by atoms with Crippen molar-refractivity contribution in [2.24, 2.45) is 0 Å². The van der Waals surface area contributed by atoms with Crippen LogP contribution in [0.15, 0.2) is 10.6 Å². The fourth-order valence-electron chi connectivity index (χ4n) is 2.92. The molecule has 0 bridgehead atoms. The average Bonchev–Trinajstić information content (AvgIpc) is 3.08. The number of carbonyl (C=O) groups is 3. The fraction of sp³-hybridized carbons (Fsp3) is 0.571. The molecule has 3 rings (SSSR count). The molecule has 2 aliphatic rings. The predicted octanol–water partition coefficient (Wildman–Crippen LogP) is 0.588. The van der Waals surface area contributed by atoms with Crippen molar-refractivity contribution in [3.8, 4) is 0 Å². The lowest BCUT2D eigenvalue weighted by Gasteiger charge is -2.35. The summed E-state index contributed by atoms with van der Waals surface area (Å²) in [5, 5.41) is 6.42. The van der Waals surface area contributed by atoms with Gasteiger partial charge in [-0.25, -0.2) is 4.79 Å². The highest BCUT2D eigenvalue weighted by atomic mass is 16.5. The highest BCUT2D eigenvalue weighted by Gasteiger charge is 2.35. The zero-order valence-corrected chi connectivity index (χ0v) is 12.4. The minimum Gasteiger partial charge on any atom is -0.361 e. The normalized spacial score (nSPS) is 22.1. The van der Waals surface area contributed by atoms with Crippen LogP contribution in [0, 0.1) is 6.92 Å². The molecule has 4 amide bonds. The molecule has 0 aliphatic carbocycles. The summed E-state index contributed by atoms with van der Waals surface area (Å²) in [5.74, 6) is 0.0852. The van der Waals surface area contributed by atoms with Gasteiger partial charge in [0.05, 0.1) is 12.6 Å². The van der Waals surface area contributed by atoms with Crippen LogP contribution in [-0.2, 0) is 9.59 Å². The van der Waals surface area contributed by atoms with Crippen LogP contribution in [0.5, 0.6) is 0 Å². The van der Waals surface area contributed by atoms with Gasteiger partial charge in [-0.1, -0.05) is 5.16 Å². The lowest BCUT2D eigenvalue weighted by atomic mass is 9.99. The Morgan fingerprint density at radius 3 is 2.91 bits per heavy atom. The maximum absolute atomic E-state index is 12.5. The van der Waals surface area contributed by atoms with Crippen molar-refractivity contribution in [3.63, 3.8) is 0 Å². The molecule has 2 saturated heterocycles. The zero-order chi connectivity index (χ0) is 15.7. The molecule has 1 aromatic rings. The van der Waals surface area contributed by atoms with E-state index in [0.717, 1.165) is 29.9 Å². The summed E-state index contributed by atoms with van der Waals surface area (Å²) in [6.45, 7) is 2.13. The quantitative estimate of drug-likeness (QED) is 0.824. The minimum atomic E-state index is -0.510. The summed E-state index contributed by atoms with van der Waals surface area (Å²) < 4.78 is 5.10. The third kappa shape index (κ3) is 2.68. The summed E-state index contributed by atoms with van der Waals surface area (Å²) in [6, 6.07) is 1.16. The van der Waals surface area contributed by atoms with E-state index < -0.39 is 6.03 Å². The maximum atomic E-state index is 12.5. The van der Waals surface area contributed by atoms with Crippen LogP contribution in [0.4, 0.5) is 4.79 Å². The van der Waals surface area contributed by atoms with Crippen LogP contribution in [0.2, 0.25) is 0 Å². The van der Waals surface area contributed by atoms with Crippen molar-refractivity contribution in [3.05, 3.63) is 17.5 Å². The Hall–Kier alpha value is -2.38. The second kappa shape index (κ2) is 5.78. The van der Waals surface area contributed by atoms with Gasteiger partial charge in [0.25, 0.3) is 5.91 Å². The monoisotopic (exact) mass is 306 g/mol. The molecule has 0 aromatic carbocycles. The molecule has 8 heteroatoms. The van der Waals surface area contributed by atoms with Gasteiger partial charge in [-0.05, 0) is 26.2 Å². The number of carbonyl (C=O) groups excluding carboxylic acids is 3. The number of amides is 4. The Labute approximate surface area is 127 Å². The Balaban J connectivity index is 1.74. The standard InChI is InChI=1S/C14H18N4O4/c1-9-6-10(16-22-9)11-4-2-3-5-17(11)13(20)8-18-12(19)7-15-14(18)21/h6,11H,2-5,7-8H2,1H3,(H,15,21)/t11-/m0/s1. The molecular weight excluding hydrogens is 288 g/mol. The first-order valence-electron chi connectivity index (χ1n) is 7.37. The number of urea groups is 1. The van der Waals surface area contributed by atoms with Gasteiger partial charge >= 0.3 is 6.03 Å². The Bertz CT molecular complexity index is 596. The molecule has 118 valence electrons. The SMILES string of the molecule is Cc1cc([C@@H]2CCCCN2C(=O)CN2C(=O)CNC2=O)no1. The number of imide groups is 1. The van der Waals surface area contributed by atoms with Gasteiger partial charge in [0.15, 0.2) is 0 Å². The second-order valence-corrected chi connectivity index (χ2v) is 5.60. The largest absolute Gasteiger partial charge is 0.361 e. The number of aromatic nitrogens is 1. The molecule has 0 saturated carbocycles. The molecule has 0 radical (unpaired) electrons. The number of likely N-dealkylation sites (tertiary alicyclic amines) is 1. The number of nitrogens with zero attached hydrogens (tertiary/aromatic N) is 3. The first-order valence-corrected chi connectivity index (χ1v) is 7.37. The highest BCUT2D eigenvalue weighted by molar-refractivity contribution is 6.04. The van der Waals surface area contributed by atoms with Crippen LogP contribution in [-0.4, -0.2) is 52.4 Å². The highest BCUT2D eigenvalue weighted by Crippen LogP contribution is 2.30. The summed E-state index contributed by atoms with van der Waals surface area (Å²) in [7, 11) is 0. The predicted molar refractivity (Wildman–Crippen MR) is 74.7 cm³/mol. The van der Waals surface area contributed by atoms with Crippen molar-refractivity contribution < 1.29 is 18.9 Å². The van der Waals surface area contributed by atoms with Crippen molar-refractivity contribution in [2.45, 2.75) is 32.2 Å². The number of hydrogen-bond acceptors (Lipinski definition) is 5. The Kier molecular flexibility index (Phi) is 3.82. The van der Waals surface area contributed by atoms with Gasteiger partial charge < -0.3 is 14.7 Å². The minimum absolute atomic E-state index is 0.0436. The van der Waals surface area contributed by atoms with Gasteiger partial charge in [0, 0.05) is 12.6 Å². The zero-order valence-electron chi connectivity index (χ0n) is 12.4. The van der Waals surface area contributed by atoms with Crippen LogP contribution in [0.1, 0.15) is 36.8 Å². The summed E-state index contributed by atoms with van der Waals surface area (Å²) in [4.78, 5) is 38.3. The molecule has 3 heterocycles. The van der Waals surface area contributed by atoms with Crippen molar-refractivity contribution in [2.75, 3.05) is 19.6 Å². The number of piperidine rings is 1. The molecule has 2 aliphatic heterocycles. The van der Waals surface area contributed by atoms with E-state index in [9.17, 15) is 14.4 Å². The van der Waals surface area contributed by atoms with E-state index in [1.165, 1.54) is 0 Å². The topological polar surface area (TPSA) is 95.8 Å². The Morgan fingerprint density at radius 1 is 1.45 bits per heavy atom. The van der Waals surface area contributed by atoms with Crippen molar-refractivity contribution in [1.29, 1.82) is 0 Å². The number of hydrogen-bond donors (Lipinski definition) is 1. The number of aryl methyl sites for hydroxylation is 1. The maximum Gasteiger partial charge on any atom is 0.325 e. The van der Waals surface area contributed by atoms with Crippen molar-refractivity contribution in [1.82, 2.24) is 20.3 Å². The lowest BCUT2D eigenvalue weighted by molar-refractivity contribution is -0.139. The number of nitrogens with one attached hydrogen (secondary N) is 1. The van der Waals surface area contributed by atoms with Crippen LogP contribution in [0.25, 0.3) is 0 Å². The van der Waals surface area contributed by atoms with E-state index in [0.29, 0.717) is 12.3 Å². The average molecular weight is 306 g/mol. The first kappa shape index (κ1) is 14.6. The molecule has 8 nitrogen and oxygen atoms in total. The Morgan fingerprint density at radius 2 is 2.27 bits per heavy atom. The van der Waals surface area contributed by atoms with Gasteiger partial charge in [-0.3, -0.25) is 14.5 Å². The van der Waals surface area contributed by atoms with Crippen LogP contribution >= 0.6 is 0 Å². The van der Waals surface area contributed by atoms with Gasteiger partial charge in [0.2, 0.25) is 5.91 Å². The number of rotatable bonds is 3. The third-order valence-electron chi connectivity index (χ3n) is 4.04. The van der Waals surface area contributed by atoms with E-state index in [2.05, 4.69) is 10.5 Å². The van der Waals surface area contributed by atoms with Crippen molar-refractivity contribution >= 4 is 17.8 Å². The van der Waals surface area contributed by atoms with Crippen LogP contribution in [0.3, 0.4) is 0 Å². The molecular formula is C14H18N4O4. The van der Waals surface area contributed by atoms with Crippen LogP contribution < -0.4 is 5.32 Å². The van der Waals surface area contributed by atoms with E-state index in [4.69, 9.17) is 4.52 Å².